The number of hydrogen-bond donors (Lipinski definition) is 0. The van der Waals surface area contributed by atoms with Crippen molar-refractivity contribution in [3.8, 4) is 45.5 Å². The molecule has 0 saturated carbocycles. The summed E-state index contributed by atoms with van der Waals surface area (Å²) >= 11 is 0. The summed E-state index contributed by atoms with van der Waals surface area (Å²) < 4.78 is 4.64. The normalized spacial score (nSPS) is 11.6. The molecule has 0 radical (unpaired) electrons. The molecule has 0 amide bonds. The summed E-state index contributed by atoms with van der Waals surface area (Å²) in [5.41, 5.74) is 9.69. The molecule has 3 aromatic heterocycles. The van der Waals surface area contributed by atoms with Gasteiger partial charge < -0.3 is 4.57 Å². The van der Waals surface area contributed by atoms with Crippen molar-refractivity contribution in [3.63, 3.8) is 0 Å². The molecule has 3 heterocycles. The fourth-order valence-electron chi connectivity index (χ4n) is 7.42. The number of para-hydroxylation sites is 2. The Morgan fingerprint density at radius 2 is 0.880 bits per heavy atom. The molecular formula is C45H29N5. The van der Waals surface area contributed by atoms with Gasteiger partial charge in [-0.25, -0.2) is 4.98 Å². The highest BCUT2D eigenvalue weighted by molar-refractivity contribution is 6.28. The summed E-state index contributed by atoms with van der Waals surface area (Å²) in [7, 11) is 0. The van der Waals surface area contributed by atoms with E-state index in [2.05, 4.69) is 149 Å². The van der Waals surface area contributed by atoms with E-state index in [0.717, 1.165) is 55.0 Å². The van der Waals surface area contributed by atoms with Crippen molar-refractivity contribution in [2.75, 3.05) is 0 Å². The van der Waals surface area contributed by atoms with E-state index in [1.807, 2.05) is 36.4 Å². The molecule has 0 aliphatic rings. The fourth-order valence-corrected chi connectivity index (χ4v) is 7.42. The van der Waals surface area contributed by atoms with Crippen molar-refractivity contribution in [1.82, 2.24) is 24.1 Å². The quantitative estimate of drug-likeness (QED) is 0.188. The molecule has 0 aliphatic heterocycles. The van der Waals surface area contributed by atoms with Gasteiger partial charge in [0.15, 0.2) is 11.6 Å². The van der Waals surface area contributed by atoms with Crippen molar-refractivity contribution >= 4 is 43.6 Å². The lowest BCUT2D eigenvalue weighted by Crippen LogP contribution is -2.06. The molecule has 10 aromatic rings. The van der Waals surface area contributed by atoms with Crippen LogP contribution in [0, 0.1) is 0 Å². The number of hydrogen-bond acceptors (Lipinski definition) is 3. The van der Waals surface area contributed by atoms with E-state index in [-0.39, 0.29) is 0 Å². The Morgan fingerprint density at radius 3 is 1.54 bits per heavy atom. The van der Waals surface area contributed by atoms with E-state index < -0.39 is 0 Å². The maximum absolute atomic E-state index is 5.24. The monoisotopic (exact) mass is 639 g/mol. The molecule has 10 rings (SSSR count). The average Bonchev–Trinajstić information content (AvgIpc) is 3.72. The minimum absolute atomic E-state index is 0.578. The summed E-state index contributed by atoms with van der Waals surface area (Å²) in [6.45, 7) is 0. The van der Waals surface area contributed by atoms with Gasteiger partial charge in [0.2, 0.25) is 5.95 Å². The Bertz CT molecular complexity index is 2780. The van der Waals surface area contributed by atoms with E-state index in [4.69, 9.17) is 15.0 Å². The summed E-state index contributed by atoms with van der Waals surface area (Å²) in [6.07, 6.45) is 0. The number of aromatic nitrogens is 5. The van der Waals surface area contributed by atoms with Gasteiger partial charge in [0.25, 0.3) is 0 Å². The summed E-state index contributed by atoms with van der Waals surface area (Å²) in [4.78, 5) is 15.5. The van der Waals surface area contributed by atoms with Crippen LogP contribution in [0.2, 0.25) is 0 Å². The molecule has 5 heteroatoms. The first-order valence-corrected chi connectivity index (χ1v) is 16.8. The fraction of sp³-hybridized carbons (Fsp3) is 0. The second-order valence-corrected chi connectivity index (χ2v) is 12.5. The van der Waals surface area contributed by atoms with Gasteiger partial charge in [-0.2, -0.15) is 9.97 Å². The molecule has 0 N–H and O–H groups in total. The first-order valence-electron chi connectivity index (χ1n) is 16.8. The molecule has 0 bridgehead atoms. The Kier molecular flexibility index (Phi) is 6.42. The third kappa shape index (κ3) is 4.37. The lowest BCUT2D eigenvalue weighted by atomic mass is 9.98. The van der Waals surface area contributed by atoms with Crippen LogP contribution in [0.15, 0.2) is 176 Å². The second-order valence-electron chi connectivity index (χ2n) is 12.5. The van der Waals surface area contributed by atoms with Crippen LogP contribution in [-0.2, 0) is 0 Å². The molecule has 5 nitrogen and oxygen atoms in total. The molecule has 0 spiro atoms. The Labute approximate surface area is 288 Å². The Morgan fingerprint density at radius 1 is 0.340 bits per heavy atom. The molecule has 50 heavy (non-hydrogen) atoms. The minimum atomic E-state index is 0.578. The van der Waals surface area contributed by atoms with Crippen LogP contribution in [0.3, 0.4) is 0 Å². The summed E-state index contributed by atoms with van der Waals surface area (Å²) in [5, 5.41) is 4.63. The van der Waals surface area contributed by atoms with Crippen LogP contribution in [0.1, 0.15) is 0 Å². The largest absolute Gasteiger partial charge is 0.309 e. The Hall–Kier alpha value is -6.85. The van der Waals surface area contributed by atoms with Gasteiger partial charge in [-0.1, -0.05) is 146 Å². The zero-order chi connectivity index (χ0) is 33.0. The average molecular weight is 640 g/mol. The van der Waals surface area contributed by atoms with Crippen molar-refractivity contribution in [2.24, 2.45) is 0 Å². The van der Waals surface area contributed by atoms with Gasteiger partial charge in [0.1, 0.15) is 0 Å². The zero-order valence-electron chi connectivity index (χ0n) is 27.0. The van der Waals surface area contributed by atoms with Gasteiger partial charge in [-0.15, -0.1) is 0 Å². The Balaban J connectivity index is 1.41. The zero-order valence-corrected chi connectivity index (χ0v) is 27.0. The van der Waals surface area contributed by atoms with Crippen molar-refractivity contribution in [1.29, 1.82) is 0 Å². The van der Waals surface area contributed by atoms with Crippen LogP contribution in [0.4, 0.5) is 0 Å². The standard InChI is InChI=1S/C45H29N5/c1-5-16-30(17-6-1)34-25-15-27-38-40(34)41-39(49(38)33-22-11-4-12-23-33)29-28-36-35-24-13-14-26-37(35)50(42(36)41)45-47-43(31-18-7-2-8-19-31)46-44(48-45)32-20-9-3-10-21-32/h1-29H. The third-order valence-electron chi connectivity index (χ3n) is 9.58. The van der Waals surface area contributed by atoms with Gasteiger partial charge in [-0.05, 0) is 41.5 Å². The van der Waals surface area contributed by atoms with Gasteiger partial charge in [-0.3, -0.25) is 4.57 Å². The van der Waals surface area contributed by atoms with Gasteiger partial charge in [0, 0.05) is 38.4 Å². The highest BCUT2D eigenvalue weighted by Crippen LogP contribution is 2.44. The number of rotatable bonds is 5. The van der Waals surface area contributed by atoms with Gasteiger partial charge >= 0.3 is 0 Å². The predicted molar refractivity (Wildman–Crippen MR) is 205 cm³/mol. The summed E-state index contributed by atoms with van der Waals surface area (Å²) in [6, 6.07) is 61.4. The van der Waals surface area contributed by atoms with Crippen LogP contribution in [-0.4, -0.2) is 24.1 Å². The SMILES string of the molecule is c1ccc(-c2nc(-c3ccccc3)nc(-n3c4ccccc4c4ccc5c(c6c(-c7ccccc7)cccc6n5-c5ccccc5)c43)n2)cc1. The van der Waals surface area contributed by atoms with Crippen molar-refractivity contribution in [2.45, 2.75) is 0 Å². The first-order chi connectivity index (χ1) is 24.8. The molecule has 7 aromatic carbocycles. The van der Waals surface area contributed by atoms with E-state index in [1.165, 1.54) is 16.5 Å². The van der Waals surface area contributed by atoms with E-state index in [1.54, 1.807) is 0 Å². The number of nitrogens with zero attached hydrogens (tertiary/aromatic N) is 5. The molecule has 0 fully saturated rings. The maximum Gasteiger partial charge on any atom is 0.238 e. The van der Waals surface area contributed by atoms with E-state index in [0.29, 0.717) is 17.6 Å². The van der Waals surface area contributed by atoms with Crippen LogP contribution < -0.4 is 0 Å². The highest BCUT2D eigenvalue weighted by atomic mass is 15.2. The van der Waals surface area contributed by atoms with Crippen LogP contribution in [0.5, 0.6) is 0 Å². The molecular weight excluding hydrogens is 611 g/mol. The molecule has 0 unspecified atom stereocenters. The maximum atomic E-state index is 5.24. The number of benzene rings is 7. The first kappa shape index (κ1) is 28.2. The minimum Gasteiger partial charge on any atom is -0.309 e. The van der Waals surface area contributed by atoms with Crippen molar-refractivity contribution < 1.29 is 0 Å². The molecule has 0 saturated heterocycles. The predicted octanol–water partition coefficient (Wildman–Crippen LogP) is 11.1. The van der Waals surface area contributed by atoms with Crippen LogP contribution >= 0.6 is 0 Å². The third-order valence-corrected chi connectivity index (χ3v) is 9.58. The van der Waals surface area contributed by atoms with Crippen molar-refractivity contribution in [3.05, 3.63) is 176 Å². The second kappa shape index (κ2) is 11.4. The lowest BCUT2D eigenvalue weighted by molar-refractivity contribution is 0.955. The highest BCUT2D eigenvalue weighted by Gasteiger charge is 2.24. The lowest BCUT2D eigenvalue weighted by Gasteiger charge is -2.12. The van der Waals surface area contributed by atoms with Crippen LogP contribution in [0.25, 0.3) is 89.2 Å². The molecule has 0 aliphatic carbocycles. The van der Waals surface area contributed by atoms with Gasteiger partial charge in [0.05, 0.1) is 22.1 Å². The molecule has 0 atom stereocenters. The smallest absolute Gasteiger partial charge is 0.238 e. The topological polar surface area (TPSA) is 48.5 Å². The van der Waals surface area contributed by atoms with E-state index >= 15 is 0 Å². The molecule has 234 valence electrons. The van der Waals surface area contributed by atoms with E-state index in [9.17, 15) is 0 Å². The summed E-state index contributed by atoms with van der Waals surface area (Å²) in [5.74, 6) is 1.84. The number of fused-ring (bicyclic) bond motifs is 7.